The Morgan fingerprint density at radius 3 is 1.52 bits per heavy atom. The third-order valence-electron chi connectivity index (χ3n) is 7.01. The van der Waals surface area contributed by atoms with Crippen molar-refractivity contribution in [1.82, 2.24) is 9.80 Å². The van der Waals surface area contributed by atoms with Crippen molar-refractivity contribution in [3.05, 3.63) is 0 Å². The van der Waals surface area contributed by atoms with Crippen LogP contribution in [0.25, 0.3) is 0 Å². The van der Waals surface area contributed by atoms with Gasteiger partial charge in [0.1, 0.15) is 0 Å². The Balaban J connectivity index is 0.000000194. The molecule has 0 aromatic carbocycles. The van der Waals surface area contributed by atoms with Gasteiger partial charge >= 0.3 is 0 Å². The van der Waals surface area contributed by atoms with E-state index in [2.05, 4.69) is 92.9 Å². The lowest BCUT2D eigenvalue weighted by Gasteiger charge is -2.45. The zero-order chi connectivity index (χ0) is 21.0. The molecule has 2 nitrogen and oxygen atoms in total. The van der Waals surface area contributed by atoms with Crippen molar-refractivity contribution in [2.45, 2.75) is 126 Å². The molecule has 2 heteroatoms. The molecule has 4 atom stereocenters. The highest BCUT2D eigenvalue weighted by Crippen LogP contribution is 2.56. The fourth-order valence-electron chi connectivity index (χ4n) is 5.74. The minimum absolute atomic E-state index is 0.342. The van der Waals surface area contributed by atoms with E-state index in [1.165, 1.54) is 32.4 Å². The quantitative estimate of drug-likeness (QED) is 0.478. The van der Waals surface area contributed by atoms with Gasteiger partial charge in [0.2, 0.25) is 0 Å². The SMILES string of the molecule is CC(C)(C)C1C2CC2CN1C(C)(C)C.CC(C)(C)C1CCCN1C(C)(C)C. The van der Waals surface area contributed by atoms with Crippen molar-refractivity contribution in [2.75, 3.05) is 13.1 Å². The number of rotatable bonds is 0. The monoisotopic (exact) mass is 378 g/mol. The summed E-state index contributed by atoms with van der Waals surface area (Å²) in [7, 11) is 0. The molecule has 2 aliphatic heterocycles. The van der Waals surface area contributed by atoms with Crippen LogP contribution in [0.1, 0.15) is 102 Å². The Morgan fingerprint density at radius 1 is 0.667 bits per heavy atom. The summed E-state index contributed by atoms with van der Waals surface area (Å²) in [6.45, 7) is 31.0. The predicted octanol–water partition coefficient (Wildman–Crippen LogP) is 6.45. The lowest BCUT2D eigenvalue weighted by Crippen LogP contribution is -2.51. The smallest absolute Gasteiger partial charge is 0.0180 e. The second-order valence-electron chi connectivity index (χ2n) is 13.7. The van der Waals surface area contributed by atoms with Crippen LogP contribution in [0.15, 0.2) is 0 Å². The maximum absolute atomic E-state index is 2.74. The van der Waals surface area contributed by atoms with E-state index in [9.17, 15) is 0 Å². The number of piperidine rings is 1. The number of nitrogens with zero attached hydrogens (tertiary/aromatic N) is 2. The van der Waals surface area contributed by atoms with Gasteiger partial charge in [-0.2, -0.15) is 0 Å². The first-order valence-corrected chi connectivity index (χ1v) is 11.5. The zero-order valence-electron chi connectivity index (χ0n) is 20.7. The minimum Gasteiger partial charge on any atom is -0.295 e. The molecule has 0 radical (unpaired) electrons. The van der Waals surface area contributed by atoms with Gasteiger partial charge < -0.3 is 0 Å². The van der Waals surface area contributed by atoms with Crippen LogP contribution in [-0.4, -0.2) is 46.1 Å². The van der Waals surface area contributed by atoms with Gasteiger partial charge in [-0.3, -0.25) is 9.80 Å². The molecule has 0 amide bonds. The summed E-state index contributed by atoms with van der Waals surface area (Å²) >= 11 is 0. The lowest BCUT2D eigenvalue weighted by atomic mass is 9.82. The zero-order valence-corrected chi connectivity index (χ0v) is 20.7. The molecule has 1 aliphatic carbocycles. The Kier molecular flexibility index (Phi) is 6.28. The molecule has 0 aromatic rings. The van der Waals surface area contributed by atoms with Gasteiger partial charge in [0, 0.05) is 29.7 Å². The topological polar surface area (TPSA) is 6.48 Å². The largest absolute Gasteiger partial charge is 0.295 e. The van der Waals surface area contributed by atoms with Crippen LogP contribution < -0.4 is 0 Å². The molecule has 3 aliphatic rings. The molecule has 2 heterocycles. The van der Waals surface area contributed by atoms with Gasteiger partial charge in [-0.1, -0.05) is 41.5 Å². The molecule has 0 bridgehead atoms. The molecular formula is C25H50N2. The van der Waals surface area contributed by atoms with Gasteiger partial charge in [-0.05, 0) is 90.0 Å². The molecule has 2 saturated heterocycles. The second kappa shape index (κ2) is 7.31. The fourth-order valence-corrected chi connectivity index (χ4v) is 5.74. The summed E-state index contributed by atoms with van der Waals surface area (Å²) < 4.78 is 0. The average molecular weight is 379 g/mol. The molecule has 3 rings (SSSR count). The van der Waals surface area contributed by atoms with Crippen molar-refractivity contribution in [3.63, 3.8) is 0 Å². The lowest BCUT2D eigenvalue weighted by molar-refractivity contribution is 0.0375. The molecule has 1 saturated carbocycles. The molecule has 27 heavy (non-hydrogen) atoms. The van der Waals surface area contributed by atoms with Gasteiger partial charge in [-0.15, -0.1) is 0 Å². The standard InChI is InChI=1S/C13H25N.C12H25N/c1-12(2,3)11-10-7-9(10)8-14(11)13(4,5)6;1-11(2,3)10-8-7-9-13(10)12(4,5)6/h9-11H,7-8H2,1-6H3;10H,7-9H2,1-6H3. The highest BCUT2D eigenvalue weighted by molar-refractivity contribution is 5.10. The number of likely N-dealkylation sites (tertiary alicyclic amines) is 2. The van der Waals surface area contributed by atoms with Crippen LogP contribution in [0.2, 0.25) is 0 Å². The van der Waals surface area contributed by atoms with E-state index in [1.54, 1.807) is 0 Å². The van der Waals surface area contributed by atoms with E-state index in [-0.39, 0.29) is 0 Å². The summed E-state index contributed by atoms with van der Waals surface area (Å²) in [6.07, 6.45) is 4.24. The third-order valence-corrected chi connectivity index (χ3v) is 7.01. The van der Waals surface area contributed by atoms with Crippen molar-refractivity contribution in [2.24, 2.45) is 22.7 Å². The molecule has 160 valence electrons. The summed E-state index contributed by atoms with van der Waals surface area (Å²) in [6, 6.07) is 1.58. The second-order valence-corrected chi connectivity index (χ2v) is 13.7. The summed E-state index contributed by atoms with van der Waals surface area (Å²) in [5.74, 6) is 2.03. The third kappa shape index (κ3) is 5.50. The van der Waals surface area contributed by atoms with E-state index < -0.39 is 0 Å². The number of hydrogen-bond acceptors (Lipinski definition) is 2. The maximum Gasteiger partial charge on any atom is 0.0180 e. The summed E-state index contributed by atoms with van der Waals surface area (Å²) in [5, 5.41) is 0. The summed E-state index contributed by atoms with van der Waals surface area (Å²) in [4.78, 5) is 5.42. The van der Waals surface area contributed by atoms with Gasteiger partial charge in [0.25, 0.3) is 0 Å². The first kappa shape index (κ1) is 23.2. The Labute approximate surface area is 171 Å². The Morgan fingerprint density at radius 2 is 1.19 bits per heavy atom. The fraction of sp³-hybridized carbons (Fsp3) is 1.00. The van der Waals surface area contributed by atoms with Crippen molar-refractivity contribution < 1.29 is 0 Å². The Hall–Kier alpha value is -0.0800. The molecular weight excluding hydrogens is 328 g/mol. The Bertz CT molecular complexity index is 474. The van der Waals surface area contributed by atoms with Crippen LogP contribution in [0.4, 0.5) is 0 Å². The van der Waals surface area contributed by atoms with Crippen LogP contribution in [-0.2, 0) is 0 Å². The van der Waals surface area contributed by atoms with Crippen LogP contribution in [0.5, 0.6) is 0 Å². The highest BCUT2D eigenvalue weighted by atomic mass is 15.3. The summed E-state index contributed by atoms with van der Waals surface area (Å²) in [5.41, 5.74) is 1.58. The predicted molar refractivity (Wildman–Crippen MR) is 120 cm³/mol. The normalized spacial score (nSPS) is 32.9. The van der Waals surface area contributed by atoms with E-state index in [0.717, 1.165) is 23.9 Å². The van der Waals surface area contributed by atoms with Crippen molar-refractivity contribution >= 4 is 0 Å². The van der Waals surface area contributed by atoms with Gasteiger partial charge in [-0.25, -0.2) is 0 Å². The number of fused-ring (bicyclic) bond motifs is 1. The van der Waals surface area contributed by atoms with Crippen molar-refractivity contribution in [1.29, 1.82) is 0 Å². The van der Waals surface area contributed by atoms with Gasteiger partial charge in [0.15, 0.2) is 0 Å². The molecule has 0 aromatic heterocycles. The van der Waals surface area contributed by atoms with E-state index in [0.29, 0.717) is 21.9 Å². The minimum atomic E-state index is 0.342. The first-order chi connectivity index (χ1) is 11.9. The van der Waals surface area contributed by atoms with E-state index in [1.807, 2.05) is 0 Å². The van der Waals surface area contributed by atoms with Crippen LogP contribution in [0.3, 0.4) is 0 Å². The first-order valence-electron chi connectivity index (χ1n) is 11.5. The van der Waals surface area contributed by atoms with Crippen LogP contribution in [0, 0.1) is 22.7 Å². The van der Waals surface area contributed by atoms with Crippen molar-refractivity contribution in [3.8, 4) is 0 Å². The van der Waals surface area contributed by atoms with Gasteiger partial charge in [0.05, 0.1) is 0 Å². The van der Waals surface area contributed by atoms with Crippen LogP contribution >= 0.6 is 0 Å². The molecule has 4 unspecified atom stereocenters. The number of hydrogen-bond donors (Lipinski definition) is 0. The maximum atomic E-state index is 2.74. The average Bonchev–Trinajstić information content (AvgIpc) is 2.88. The molecule has 0 spiro atoms. The molecule has 0 N–H and O–H groups in total. The molecule has 3 fully saturated rings. The van der Waals surface area contributed by atoms with E-state index >= 15 is 0 Å². The van der Waals surface area contributed by atoms with E-state index in [4.69, 9.17) is 0 Å². The highest BCUT2D eigenvalue weighted by Gasteiger charge is 2.57.